The van der Waals surface area contributed by atoms with Crippen molar-refractivity contribution in [3.63, 3.8) is 0 Å². The van der Waals surface area contributed by atoms with Crippen LogP contribution in [0.2, 0.25) is 0 Å². The average Bonchev–Trinajstić information content (AvgIpc) is 2.85. The Kier molecular flexibility index (Phi) is 8.93. The van der Waals surface area contributed by atoms with Crippen molar-refractivity contribution in [3.05, 3.63) is 74.8 Å². The molecule has 0 N–H and O–H groups in total. The van der Waals surface area contributed by atoms with Crippen LogP contribution in [0.5, 0.6) is 0 Å². The van der Waals surface area contributed by atoms with Crippen molar-refractivity contribution in [3.8, 4) is 0 Å². The normalized spacial score (nSPS) is 17.0. The molecule has 0 aliphatic heterocycles. The fourth-order valence-electron chi connectivity index (χ4n) is 5.11. The van der Waals surface area contributed by atoms with E-state index in [1.54, 1.807) is 19.1 Å². The number of hydrogen-bond acceptors (Lipinski definition) is 4. The van der Waals surface area contributed by atoms with Gasteiger partial charge in [-0.1, -0.05) is 74.9 Å². The molecular weight excluding hydrogens is 414 g/mol. The first kappa shape index (κ1) is 24.8. The highest BCUT2D eigenvalue weighted by molar-refractivity contribution is 5.95. The van der Waals surface area contributed by atoms with Crippen LogP contribution >= 0.6 is 0 Å². The highest BCUT2D eigenvalue weighted by atomic mass is 16.6. The Labute approximate surface area is 196 Å². The summed E-state index contributed by atoms with van der Waals surface area (Å²) in [6, 6.07) is 13.1. The van der Waals surface area contributed by atoms with Gasteiger partial charge in [0.05, 0.1) is 4.92 Å². The minimum Gasteiger partial charge on any atom is -0.295 e. The summed E-state index contributed by atoms with van der Waals surface area (Å²) in [6.07, 6.45) is 12.3. The molecule has 5 nitrogen and oxygen atoms in total. The van der Waals surface area contributed by atoms with Crippen LogP contribution in [-0.2, 0) is 0 Å². The molecule has 0 heterocycles. The first-order chi connectivity index (χ1) is 15.9. The topological polar surface area (TPSA) is 77.3 Å². The van der Waals surface area contributed by atoms with Gasteiger partial charge in [0.1, 0.15) is 0 Å². The summed E-state index contributed by atoms with van der Waals surface area (Å²) in [5.74, 6) is 1.04. The van der Waals surface area contributed by atoms with Gasteiger partial charge in [0.25, 0.3) is 5.69 Å². The van der Waals surface area contributed by atoms with Crippen LogP contribution in [0, 0.1) is 10.1 Å². The monoisotopic (exact) mass is 449 g/mol. The van der Waals surface area contributed by atoms with Gasteiger partial charge in [-0.3, -0.25) is 19.7 Å². The molecular formula is C28H35NO4. The van der Waals surface area contributed by atoms with E-state index in [2.05, 4.69) is 12.1 Å². The molecule has 0 radical (unpaired) electrons. The average molecular weight is 450 g/mol. The molecule has 176 valence electrons. The van der Waals surface area contributed by atoms with E-state index in [0.29, 0.717) is 5.56 Å². The third-order valence-corrected chi connectivity index (χ3v) is 7.07. The smallest absolute Gasteiger partial charge is 0.273 e. The van der Waals surface area contributed by atoms with Crippen molar-refractivity contribution in [1.29, 1.82) is 0 Å². The zero-order chi connectivity index (χ0) is 23.8. The minimum absolute atomic E-state index is 0.106. The lowest BCUT2D eigenvalue weighted by molar-refractivity contribution is -0.385. The molecule has 4 rings (SSSR count). The molecule has 0 amide bonds. The molecule has 0 spiro atoms. The van der Waals surface area contributed by atoms with Gasteiger partial charge >= 0.3 is 0 Å². The third kappa shape index (κ3) is 6.83. The predicted octanol–water partition coefficient (Wildman–Crippen LogP) is 7.78. The lowest BCUT2D eigenvalue weighted by Crippen LogP contribution is -2.08. The zero-order valence-corrected chi connectivity index (χ0v) is 19.8. The number of benzene rings is 2. The molecule has 0 unspecified atom stereocenters. The number of carbonyl (C=O) groups is 2. The molecule has 2 aromatic carbocycles. The quantitative estimate of drug-likeness (QED) is 0.265. The summed E-state index contributed by atoms with van der Waals surface area (Å²) >= 11 is 0. The van der Waals surface area contributed by atoms with Crippen LogP contribution in [0.3, 0.4) is 0 Å². The number of nitrogens with zero attached hydrogens (tertiary/aromatic N) is 1. The first-order valence-electron chi connectivity index (χ1n) is 12.3. The van der Waals surface area contributed by atoms with Gasteiger partial charge in [0, 0.05) is 22.8 Å². The Bertz CT molecular complexity index is 968. The van der Waals surface area contributed by atoms with E-state index in [9.17, 15) is 19.7 Å². The number of nitro groups is 1. The largest absolute Gasteiger partial charge is 0.295 e. The van der Waals surface area contributed by atoms with Crippen molar-refractivity contribution in [2.45, 2.75) is 89.9 Å². The standard InChI is InChI=1S/C14H17NO3.C14H18O/c1-10(16)12-7-8-13(14(9-12)15(17)18)11-5-3-2-4-6-11;1-11(15)12-7-9-14(10-8-12)13-5-3-2-4-6-13/h7-9,11H,2-6H2,1H3;7-10,13H,2-6H2,1H3. The van der Waals surface area contributed by atoms with E-state index in [1.165, 1.54) is 57.1 Å². The Morgan fingerprint density at radius 1 is 0.727 bits per heavy atom. The molecule has 5 heteroatoms. The molecule has 2 aliphatic carbocycles. The Balaban J connectivity index is 0.000000189. The van der Waals surface area contributed by atoms with Gasteiger partial charge < -0.3 is 0 Å². The van der Waals surface area contributed by atoms with E-state index >= 15 is 0 Å². The van der Waals surface area contributed by atoms with Crippen LogP contribution in [0.1, 0.15) is 122 Å². The van der Waals surface area contributed by atoms with Crippen molar-refractivity contribution in [1.82, 2.24) is 0 Å². The third-order valence-electron chi connectivity index (χ3n) is 7.07. The van der Waals surface area contributed by atoms with E-state index < -0.39 is 0 Å². The maximum atomic E-state index is 11.3. The van der Waals surface area contributed by atoms with Crippen LogP contribution in [-0.4, -0.2) is 16.5 Å². The fraction of sp³-hybridized carbons (Fsp3) is 0.500. The molecule has 0 saturated heterocycles. The Hall–Kier alpha value is -2.82. The SMILES string of the molecule is CC(=O)c1ccc(C2CCCCC2)c([N+](=O)[O-])c1.CC(=O)c1ccc(C2CCCCC2)cc1. The van der Waals surface area contributed by atoms with Gasteiger partial charge in [-0.15, -0.1) is 0 Å². The molecule has 2 aliphatic rings. The van der Waals surface area contributed by atoms with Crippen molar-refractivity contribution < 1.29 is 14.5 Å². The summed E-state index contributed by atoms with van der Waals surface area (Å²) in [5, 5.41) is 11.1. The number of rotatable bonds is 5. The van der Waals surface area contributed by atoms with Crippen LogP contribution in [0.4, 0.5) is 5.69 Å². The molecule has 2 fully saturated rings. The Morgan fingerprint density at radius 3 is 1.70 bits per heavy atom. The second-order valence-corrected chi connectivity index (χ2v) is 9.43. The molecule has 2 aromatic rings. The number of Topliss-reactive ketones (excluding diaryl/α,β-unsaturated/α-hetero) is 2. The summed E-state index contributed by atoms with van der Waals surface area (Å²) in [5.41, 5.74) is 3.56. The molecule has 0 aromatic heterocycles. The van der Waals surface area contributed by atoms with Gasteiger partial charge in [-0.2, -0.15) is 0 Å². The summed E-state index contributed by atoms with van der Waals surface area (Å²) < 4.78 is 0. The summed E-state index contributed by atoms with van der Waals surface area (Å²) in [7, 11) is 0. The van der Waals surface area contributed by atoms with Crippen LogP contribution in [0.25, 0.3) is 0 Å². The highest BCUT2D eigenvalue weighted by Crippen LogP contribution is 2.37. The maximum Gasteiger partial charge on any atom is 0.273 e. The van der Waals surface area contributed by atoms with Gasteiger partial charge in [0.15, 0.2) is 11.6 Å². The van der Waals surface area contributed by atoms with Crippen molar-refractivity contribution in [2.24, 2.45) is 0 Å². The maximum absolute atomic E-state index is 11.3. The minimum atomic E-state index is -0.365. The molecule has 33 heavy (non-hydrogen) atoms. The summed E-state index contributed by atoms with van der Waals surface area (Å²) in [6.45, 7) is 3.05. The molecule has 0 atom stereocenters. The summed E-state index contributed by atoms with van der Waals surface area (Å²) in [4.78, 5) is 33.2. The van der Waals surface area contributed by atoms with E-state index in [1.807, 2.05) is 12.1 Å². The fourth-order valence-corrected chi connectivity index (χ4v) is 5.11. The number of carbonyl (C=O) groups excluding carboxylic acids is 2. The lowest BCUT2D eigenvalue weighted by Gasteiger charge is -2.21. The van der Waals surface area contributed by atoms with Crippen LogP contribution in [0.15, 0.2) is 42.5 Å². The van der Waals surface area contributed by atoms with Crippen molar-refractivity contribution in [2.75, 3.05) is 0 Å². The van der Waals surface area contributed by atoms with E-state index in [-0.39, 0.29) is 28.1 Å². The van der Waals surface area contributed by atoms with Gasteiger partial charge in [-0.25, -0.2) is 0 Å². The second-order valence-electron chi connectivity index (χ2n) is 9.43. The van der Waals surface area contributed by atoms with Crippen molar-refractivity contribution >= 4 is 17.3 Å². The lowest BCUT2D eigenvalue weighted by atomic mass is 9.83. The first-order valence-corrected chi connectivity index (χ1v) is 12.3. The predicted molar refractivity (Wildman–Crippen MR) is 131 cm³/mol. The second kappa shape index (κ2) is 11.9. The number of hydrogen-bond donors (Lipinski definition) is 0. The number of ketones is 2. The van der Waals surface area contributed by atoms with Gasteiger partial charge in [-0.05, 0) is 56.9 Å². The molecule has 2 saturated carbocycles. The van der Waals surface area contributed by atoms with E-state index in [0.717, 1.165) is 42.7 Å². The van der Waals surface area contributed by atoms with E-state index in [4.69, 9.17) is 0 Å². The highest BCUT2D eigenvalue weighted by Gasteiger charge is 2.24. The van der Waals surface area contributed by atoms with Gasteiger partial charge in [0.2, 0.25) is 0 Å². The Morgan fingerprint density at radius 2 is 1.21 bits per heavy atom. The number of nitro benzene ring substituents is 1. The molecule has 0 bridgehead atoms. The van der Waals surface area contributed by atoms with Crippen LogP contribution < -0.4 is 0 Å². The zero-order valence-electron chi connectivity index (χ0n) is 19.8.